The van der Waals surface area contributed by atoms with E-state index >= 15 is 0 Å². The van der Waals surface area contributed by atoms with Crippen molar-refractivity contribution in [2.75, 3.05) is 33.4 Å². The number of benzene rings is 1. The van der Waals surface area contributed by atoms with Gasteiger partial charge in [-0.05, 0) is 37.1 Å². The first-order chi connectivity index (χ1) is 13.6. The Morgan fingerprint density at radius 2 is 2.10 bits per heavy atom. The van der Waals surface area contributed by atoms with Crippen LogP contribution in [0.25, 0.3) is 0 Å². The van der Waals surface area contributed by atoms with Crippen LogP contribution >= 0.6 is 11.6 Å². The van der Waals surface area contributed by atoms with E-state index in [1.807, 2.05) is 24.3 Å². The summed E-state index contributed by atoms with van der Waals surface area (Å²) in [7, 11) is 1.35. The molecule has 1 aliphatic rings. The molecule has 2 rings (SSSR count). The van der Waals surface area contributed by atoms with Crippen LogP contribution in [0.5, 0.6) is 0 Å². The van der Waals surface area contributed by atoms with Gasteiger partial charge in [-0.2, -0.15) is 13.2 Å². The Kier molecular flexibility index (Phi) is 10.8. The van der Waals surface area contributed by atoms with Gasteiger partial charge in [0.25, 0.3) is 0 Å². The molecule has 1 fully saturated rings. The highest BCUT2D eigenvalue weighted by molar-refractivity contribution is 6.30. The van der Waals surface area contributed by atoms with Gasteiger partial charge in [-0.25, -0.2) is 9.59 Å². The van der Waals surface area contributed by atoms with Gasteiger partial charge in [0, 0.05) is 24.0 Å². The molecule has 1 saturated heterocycles. The molecule has 1 amide bonds. The molecule has 164 valence electrons. The molecule has 0 spiro atoms. The van der Waals surface area contributed by atoms with Crippen LogP contribution < -0.4 is 10.6 Å². The lowest BCUT2D eigenvalue weighted by Crippen LogP contribution is -2.35. The predicted molar refractivity (Wildman–Crippen MR) is 99.8 cm³/mol. The number of alkyl halides is 3. The first-order valence-electron chi connectivity index (χ1n) is 8.85. The number of piperidine rings is 1. The van der Waals surface area contributed by atoms with Crippen LogP contribution in [0, 0.1) is 5.92 Å². The van der Waals surface area contributed by atoms with E-state index in [9.17, 15) is 18.0 Å². The summed E-state index contributed by atoms with van der Waals surface area (Å²) in [5, 5.41) is 13.9. The lowest BCUT2D eigenvalue weighted by Gasteiger charge is -2.31. The van der Waals surface area contributed by atoms with Crippen LogP contribution in [0.4, 0.5) is 18.0 Å². The van der Waals surface area contributed by atoms with E-state index in [4.69, 9.17) is 26.2 Å². The smallest absolute Gasteiger partial charge is 0.475 e. The van der Waals surface area contributed by atoms with Crippen molar-refractivity contribution >= 4 is 23.7 Å². The average Bonchev–Trinajstić information content (AvgIpc) is 2.68. The highest BCUT2D eigenvalue weighted by Crippen LogP contribution is 2.31. The van der Waals surface area contributed by atoms with Crippen LogP contribution in [-0.4, -0.2) is 56.7 Å². The zero-order valence-electron chi connectivity index (χ0n) is 15.8. The normalized spacial score (nSPS) is 17.5. The van der Waals surface area contributed by atoms with E-state index in [1.54, 1.807) is 0 Å². The third-order valence-electron chi connectivity index (χ3n) is 4.04. The molecule has 1 aromatic rings. The van der Waals surface area contributed by atoms with Crippen molar-refractivity contribution < 1.29 is 37.3 Å². The third kappa shape index (κ3) is 9.82. The Morgan fingerprint density at radius 3 is 2.62 bits per heavy atom. The molecule has 1 unspecified atom stereocenters. The number of ether oxygens (including phenoxy) is 2. The fraction of sp³-hybridized carbons (Fsp3) is 0.556. The number of rotatable bonds is 6. The van der Waals surface area contributed by atoms with E-state index in [2.05, 4.69) is 15.4 Å². The van der Waals surface area contributed by atoms with Crippen molar-refractivity contribution in [2.24, 2.45) is 5.92 Å². The summed E-state index contributed by atoms with van der Waals surface area (Å²) in [5.74, 6) is -2.35. The van der Waals surface area contributed by atoms with Gasteiger partial charge in [-0.15, -0.1) is 0 Å². The van der Waals surface area contributed by atoms with Gasteiger partial charge in [0.15, 0.2) is 0 Å². The lowest BCUT2D eigenvalue weighted by molar-refractivity contribution is -0.192. The average molecular weight is 441 g/mol. The Morgan fingerprint density at radius 1 is 1.41 bits per heavy atom. The van der Waals surface area contributed by atoms with Crippen molar-refractivity contribution in [1.82, 2.24) is 10.6 Å². The molecule has 1 aliphatic heterocycles. The molecule has 0 radical (unpaired) electrons. The molecular weight excluding hydrogens is 417 g/mol. The van der Waals surface area contributed by atoms with Crippen molar-refractivity contribution in [3.05, 3.63) is 34.9 Å². The summed E-state index contributed by atoms with van der Waals surface area (Å²) in [6.45, 7) is 2.84. The van der Waals surface area contributed by atoms with Gasteiger partial charge in [-0.1, -0.05) is 23.7 Å². The highest BCUT2D eigenvalue weighted by Gasteiger charge is 2.38. The molecular formula is C18H24ClF3N2O5. The van der Waals surface area contributed by atoms with Crippen molar-refractivity contribution in [1.29, 1.82) is 0 Å². The molecule has 0 aromatic heterocycles. The summed E-state index contributed by atoms with van der Waals surface area (Å²) < 4.78 is 42.3. The van der Waals surface area contributed by atoms with Gasteiger partial charge in [0.05, 0.1) is 19.8 Å². The Hall–Kier alpha value is -2.04. The quantitative estimate of drug-likeness (QED) is 0.587. The molecule has 2 atom stereocenters. The molecule has 0 saturated carbocycles. The van der Waals surface area contributed by atoms with Crippen LogP contribution in [0.2, 0.25) is 5.02 Å². The Balaban J connectivity index is 0.000000516. The number of hydrogen-bond acceptors (Lipinski definition) is 5. The summed E-state index contributed by atoms with van der Waals surface area (Å²) in [5.41, 5.74) is 1.08. The minimum Gasteiger partial charge on any atom is -0.475 e. The number of alkyl carbamates (subject to hydrolysis) is 1. The minimum absolute atomic E-state index is 0.0223. The van der Waals surface area contributed by atoms with Crippen LogP contribution in [0.15, 0.2) is 24.3 Å². The van der Waals surface area contributed by atoms with E-state index in [1.165, 1.54) is 7.11 Å². The second-order valence-electron chi connectivity index (χ2n) is 6.17. The second kappa shape index (κ2) is 12.5. The van der Waals surface area contributed by atoms with Gasteiger partial charge in [0.1, 0.15) is 0 Å². The molecule has 1 heterocycles. The van der Waals surface area contributed by atoms with E-state index in [0.29, 0.717) is 24.1 Å². The fourth-order valence-corrected chi connectivity index (χ4v) is 2.94. The maximum Gasteiger partial charge on any atom is 0.490 e. The maximum atomic E-state index is 11.1. The van der Waals surface area contributed by atoms with Gasteiger partial charge < -0.3 is 25.2 Å². The largest absolute Gasteiger partial charge is 0.490 e. The number of carbonyl (C=O) groups excluding carboxylic acids is 1. The van der Waals surface area contributed by atoms with Gasteiger partial charge in [0.2, 0.25) is 0 Å². The standard InChI is InChI=1S/C16H23ClN2O3.C2HF3O2/c1-21-16(20)19-8-9-22-15(13-5-3-7-18-11-13)12-4-2-6-14(17)10-12;3-2(4,5)1(6)7/h2,4,6,10,13,15,18H,3,5,7-9,11H2,1H3,(H,19,20);(H,6,7)/t13-,15?;/m1./s1. The summed E-state index contributed by atoms with van der Waals surface area (Å²) in [6.07, 6.45) is -3.28. The molecule has 0 bridgehead atoms. The third-order valence-corrected chi connectivity index (χ3v) is 4.27. The molecule has 7 nitrogen and oxygen atoms in total. The lowest BCUT2D eigenvalue weighted by atomic mass is 9.89. The summed E-state index contributed by atoms with van der Waals surface area (Å²) >= 11 is 6.10. The van der Waals surface area contributed by atoms with Crippen LogP contribution in [-0.2, 0) is 14.3 Å². The number of carboxylic acids is 1. The molecule has 0 aliphatic carbocycles. The maximum absolute atomic E-state index is 11.1. The minimum atomic E-state index is -5.08. The predicted octanol–water partition coefficient (Wildman–Crippen LogP) is 3.39. The SMILES string of the molecule is COC(=O)NCCOC(c1cccc(Cl)c1)[C@@H]1CCCNC1.O=C(O)C(F)(F)F. The number of carbonyl (C=O) groups is 2. The monoisotopic (exact) mass is 440 g/mol. The van der Waals surface area contributed by atoms with E-state index < -0.39 is 18.2 Å². The first kappa shape index (κ1) is 25.0. The zero-order valence-corrected chi connectivity index (χ0v) is 16.6. The number of hydrogen-bond donors (Lipinski definition) is 3. The first-order valence-corrected chi connectivity index (χ1v) is 9.22. The van der Waals surface area contributed by atoms with Crippen LogP contribution in [0.1, 0.15) is 24.5 Å². The highest BCUT2D eigenvalue weighted by atomic mass is 35.5. The van der Waals surface area contributed by atoms with E-state index in [-0.39, 0.29) is 6.10 Å². The molecule has 1 aromatic carbocycles. The number of aliphatic carboxylic acids is 1. The number of nitrogens with one attached hydrogen (secondary N) is 2. The summed E-state index contributed by atoms with van der Waals surface area (Å²) in [4.78, 5) is 20.0. The Bertz CT molecular complexity index is 655. The fourth-order valence-electron chi connectivity index (χ4n) is 2.74. The number of halogens is 4. The Labute approximate surface area is 171 Å². The van der Waals surface area contributed by atoms with Crippen molar-refractivity contribution in [2.45, 2.75) is 25.1 Å². The van der Waals surface area contributed by atoms with Crippen molar-refractivity contribution in [3.63, 3.8) is 0 Å². The van der Waals surface area contributed by atoms with Crippen LogP contribution in [0.3, 0.4) is 0 Å². The number of carboxylic acid groups (broad SMARTS) is 1. The van der Waals surface area contributed by atoms with Gasteiger partial charge >= 0.3 is 18.2 Å². The van der Waals surface area contributed by atoms with Crippen molar-refractivity contribution in [3.8, 4) is 0 Å². The molecule has 3 N–H and O–H groups in total. The van der Waals surface area contributed by atoms with Gasteiger partial charge in [-0.3, -0.25) is 0 Å². The summed E-state index contributed by atoms with van der Waals surface area (Å²) in [6, 6.07) is 7.80. The van der Waals surface area contributed by atoms with E-state index in [0.717, 1.165) is 31.5 Å². The molecule has 29 heavy (non-hydrogen) atoms. The number of amides is 1. The topological polar surface area (TPSA) is 96.9 Å². The second-order valence-corrected chi connectivity index (χ2v) is 6.61. The number of methoxy groups -OCH3 is 1. The molecule has 11 heteroatoms. The zero-order chi connectivity index (χ0) is 21.9.